The minimum Gasteiger partial charge on any atom is -0.0819 e. The highest BCUT2D eigenvalue weighted by atomic mass is 79.9. The molecule has 0 aliphatic heterocycles. The van der Waals surface area contributed by atoms with E-state index in [1.54, 1.807) is 0 Å². The van der Waals surface area contributed by atoms with Gasteiger partial charge in [0.25, 0.3) is 0 Å². The van der Waals surface area contributed by atoms with Crippen molar-refractivity contribution in [1.82, 2.24) is 0 Å². The lowest BCUT2D eigenvalue weighted by atomic mass is 9.87. The monoisotopic (exact) mass is 350 g/mol. The van der Waals surface area contributed by atoms with Gasteiger partial charge in [0.1, 0.15) is 0 Å². The second-order valence-electron chi connectivity index (χ2n) is 4.40. The largest absolute Gasteiger partial charge is 0.0819 e. The molecule has 0 atom stereocenters. The fourth-order valence-corrected chi connectivity index (χ4v) is 1.81. The number of benzene rings is 1. The van der Waals surface area contributed by atoms with E-state index in [2.05, 4.69) is 64.8 Å². The van der Waals surface area contributed by atoms with Crippen molar-refractivity contribution in [1.29, 1.82) is 0 Å². The first-order valence-electron chi connectivity index (χ1n) is 4.64. The van der Waals surface area contributed by atoms with Crippen molar-refractivity contribution < 1.29 is 0 Å². The Labute approximate surface area is 113 Å². The Morgan fingerprint density at radius 2 is 1.53 bits per heavy atom. The molecule has 0 spiro atoms. The van der Waals surface area contributed by atoms with Crippen LogP contribution in [0.1, 0.15) is 31.9 Å². The van der Waals surface area contributed by atoms with Gasteiger partial charge < -0.3 is 0 Å². The Hall–Kier alpha value is 0.210. The predicted molar refractivity (Wildman–Crippen MR) is 75.8 cm³/mol. The first-order valence-corrected chi connectivity index (χ1v) is 6.60. The summed E-state index contributed by atoms with van der Waals surface area (Å²) in [6.45, 7) is 6.58. The maximum absolute atomic E-state index is 6.09. The molecular formula is C12H13Br2Cl. The fraction of sp³-hybridized carbons (Fsp3) is 0.333. The van der Waals surface area contributed by atoms with E-state index in [9.17, 15) is 0 Å². The van der Waals surface area contributed by atoms with Crippen LogP contribution in [0.5, 0.6) is 0 Å². The Morgan fingerprint density at radius 3 is 1.87 bits per heavy atom. The first-order chi connectivity index (χ1) is 6.82. The summed E-state index contributed by atoms with van der Waals surface area (Å²) >= 11 is 12.7. The van der Waals surface area contributed by atoms with E-state index >= 15 is 0 Å². The quantitative estimate of drug-likeness (QED) is 0.614. The third-order valence-corrected chi connectivity index (χ3v) is 3.83. The van der Waals surface area contributed by atoms with Gasteiger partial charge in [0.15, 0.2) is 0 Å². The summed E-state index contributed by atoms with van der Waals surface area (Å²) in [4.78, 5) is 0. The van der Waals surface area contributed by atoms with Crippen LogP contribution in [0.25, 0.3) is 5.03 Å². The smallest absolute Gasteiger partial charge is 0.0796 e. The number of hydrogen-bond acceptors (Lipinski definition) is 0. The van der Waals surface area contributed by atoms with Crippen molar-refractivity contribution in [2.75, 3.05) is 0 Å². The van der Waals surface area contributed by atoms with Crippen LogP contribution in [0.4, 0.5) is 0 Å². The van der Waals surface area contributed by atoms with E-state index < -0.39 is 0 Å². The molecule has 15 heavy (non-hydrogen) atoms. The van der Waals surface area contributed by atoms with E-state index in [1.165, 1.54) is 5.56 Å². The van der Waals surface area contributed by atoms with Crippen molar-refractivity contribution in [2.24, 2.45) is 0 Å². The molecule has 0 N–H and O–H groups in total. The van der Waals surface area contributed by atoms with E-state index in [-0.39, 0.29) is 5.41 Å². The highest BCUT2D eigenvalue weighted by Crippen LogP contribution is 2.31. The number of hydrogen-bond donors (Lipinski definition) is 0. The van der Waals surface area contributed by atoms with Gasteiger partial charge in [0.2, 0.25) is 0 Å². The van der Waals surface area contributed by atoms with Gasteiger partial charge in [-0.1, -0.05) is 56.6 Å². The van der Waals surface area contributed by atoms with Crippen molar-refractivity contribution in [3.05, 3.63) is 38.8 Å². The second kappa shape index (κ2) is 5.03. The summed E-state index contributed by atoms with van der Waals surface area (Å²) in [5.41, 5.74) is 2.50. The van der Waals surface area contributed by atoms with Gasteiger partial charge in [-0.05, 0) is 48.4 Å². The van der Waals surface area contributed by atoms with E-state index in [1.807, 2.05) is 12.1 Å². The summed E-state index contributed by atoms with van der Waals surface area (Å²) in [5, 5.41) is 0.690. The summed E-state index contributed by atoms with van der Waals surface area (Å²) in [5.74, 6) is 0. The molecular weight excluding hydrogens is 339 g/mol. The van der Waals surface area contributed by atoms with Gasteiger partial charge in [-0.3, -0.25) is 0 Å². The molecule has 0 radical (unpaired) electrons. The molecule has 0 aliphatic carbocycles. The number of rotatable bonds is 1. The van der Waals surface area contributed by atoms with Crippen molar-refractivity contribution >= 4 is 48.5 Å². The Kier molecular flexibility index (Phi) is 4.45. The lowest BCUT2D eigenvalue weighted by Crippen LogP contribution is -2.10. The molecule has 0 aliphatic rings. The first kappa shape index (κ1) is 13.3. The lowest BCUT2D eigenvalue weighted by molar-refractivity contribution is 0.590. The third-order valence-electron chi connectivity index (χ3n) is 2.17. The zero-order chi connectivity index (χ0) is 11.6. The third kappa shape index (κ3) is 3.61. The molecule has 1 aromatic carbocycles. The zero-order valence-electron chi connectivity index (χ0n) is 8.94. The zero-order valence-corrected chi connectivity index (χ0v) is 12.9. The molecule has 0 heterocycles. The van der Waals surface area contributed by atoms with Crippen LogP contribution in [0, 0.1) is 0 Å². The van der Waals surface area contributed by atoms with Crippen molar-refractivity contribution in [3.8, 4) is 0 Å². The van der Waals surface area contributed by atoms with Crippen LogP contribution in [-0.4, -0.2) is 0 Å². The minimum atomic E-state index is 0.181. The van der Waals surface area contributed by atoms with Gasteiger partial charge in [0.05, 0.1) is 8.42 Å². The van der Waals surface area contributed by atoms with Gasteiger partial charge in [-0.2, -0.15) is 0 Å². The molecule has 3 heteroatoms. The van der Waals surface area contributed by atoms with E-state index in [4.69, 9.17) is 11.6 Å². The van der Waals surface area contributed by atoms with E-state index in [0.717, 1.165) is 8.96 Å². The molecule has 1 rings (SSSR count). The van der Waals surface area contributed by atoms with Gasteiger partial charge in [0, 0.05) is 0 Å². The molecule has 1 aromatic rings. The summed E-state index contributed by atoms with van der Waals surface area (Å²) < 4.78 is 0.778. The SMILES string of the molecule is CC(C)(C)c1ccc(C(Cl)=C(Br)Br)cc1. The maximum Gasteiger partial charge on any atom is 0.0796 e. The Bertz CT molecular complexity index is 368. The normalized spacial score (nSPS) is 11.3. The van der Waals surface area contributed by atoms with Crippen molar-refractivity contribution in [2.45, 2.75) is 26.2 Å². The average molecular weight is 352 g/mol. The molecule has 0 amide bonds. The van der Waals surface area contributed by atoms with E-state index in [0.29, 0.717) is 5.03 Å². The lowest BCUT2D eigenvalue weighted by Gasteiger charge is -2.19. The number of halogens is 3. The highest BCUT2D eigenvalue weighted by Gasteiger charge is 2.13. The van der Waals surface area contributed by atoms with Crippen LogP contribution in [0.3, 0.4) is 0 Å². The topological polar surface area (TPSA) is 0 Å². The van der Waals surface area contributed by atoms with Gasteiger partial charge >= 0.3 is 0 Å². The Morgan fingerprint density at radius 1 is 1.07 bits per heavy atom. The average Bonchev–Trinajstić information content (AvgIpc) is 2.15. The molecule has 0 unspecified atom stereocenters. The molecule has 0 nitrogen and oxygen atoms in total. The Balaban J connectivity index is 3.07. The maximum atomic E-state index is 6.09. The van der Waals surface area contributed by atoms with Crippen LogP contribution < -0.4 is 0 Å². The fourth-order valence-electron chi connectivity index (χ4n) is 1.23. The predicted octanol–water partition coefficient (Wildman–Crippen LogP) is 5.64. The van der Waals surface area contributed by atoms with Crippen LogP contribution >= 0.6 is 43.5 Å². The van der Waals surface area contributed by atoms with Crippen LogP contribution in [0.2, 0.25) is 0 Å². The highest BCUT2D eigenvalue weighted by molar-refractivity contribution is 9.28. The summed E-state index contributed by atoms with van der Waals surface area (Å²) in [7, 11) is 0. The molecule has 0 bridgehead atoms. The minimum absolute atomic E-state index is 0.181. The summed E-state index contributed by atoms with van der Waals surface area (Å²) in [6.07, 6.45) is 0. The molecule has 0 saturated carbocycles. The molecule has 0 aromatic heterocycles. The van der Waals surface area contributed by atoms with Crippen LogP contribution in [-0.2, 0) is 5.41 Å². The molecule has 0 fully saturated rings. The second-order valence-corrected chi connectivity index (χ2v) is 7.43. The summed E-state index contributed by atoms with van der Waals surface area (Å²) in [6, 6.07) is 8.29. The van der Waals surface area contributed by atoms with Crippen LogP contribution in [0.15, 0.2) is 27.7 Å². The van der Waals surface area contributed by atoms with Gasteiger partial charge in [-0.15, -0.1) is 0 Å². The van der Waals surface area contributed by atoms with Gasteiger partial charge in [-0.25, -0.2) is 0 Å². The molecule has 82 valence electrons. The standard InChI is InChI=1S/C12H13Br2Cl/c1-12(2,3)9-6-4-8(5-7-9)10(15)11(13)14/h4-7H,1-3H3. The molecule has 0 saturated heterocycles. The van der Waals surface area contributed by atoms with Crippen molar-refractivity contribution in [3.63, 3.8) is 0 Å².